The second-order valence-corrected chi connectivity index (χ2v) is 9.15. The van der Waals surface area contributed by atoms with Crippen LogP contribution >= 0.6 is 0 Å². The summed E-state index contributed by atoms with van der Waals surface area (Å²) in [7, 11) is 0. The first kappa shape index (κ1) is 27.5. The van der Waals surface area contributed by atoms with Gasteiger partial charge in [0.25, 0.3) is 0 Å². The van der Waals surface area contributed by atoms with Crippen LogP contribution in [0.5, 0.6) is 0 Å². The summed E-state index contributed by atoms with van der Waals surface area (Å²) in [6.07, 6.45) is -7.47. The summed E-state index contributed by atoms with van der Waals surface area (Å²) in [4.78, 5) is 0. The summed E-state index contributed by atoms with van der Waals surface area (Å²) in [5.74, 6) is 6.40. The van der Waals surface area contributed by atoms with Gasteiger partial charge in [0.2, 0.25) is 11.6 Å². The van der Waals surface area contributed by atoms with E-state index in [1.165, 1.54) is 0 Å². The summed E-state index contributed by atoms with van der Waals surface area (Å²) in [5, 5.41) is 78.5. The molecule has 2 heterocycles. The molecule has 2 saturated heterocycles. The Morgan fingerprint density at radius 3 is 2.34 bits per heavy atom. The van der Waals surface area contributed by atoms with Crippen LogP contribution in [0.2, 0.25) is 0 Å². The molecule has 1 aromatic carbocycles. The number of hydrogen-bond donors (Lipinski definition) is 8. The minimum atomic E-state index is -2.58. The molecule has 3 rings (SSSR count). The third kappa shape index (κ3) is 5.85. The van der Waals surface area contributed by atoms with Gasteiger partial charge in [0.1, 0.15) is 43.2 Å². The van der Waals surface area contributed by atoms with Crippen LogP contribution in [0.15, 0.2) is 18.2 Å². The van der Waals surface area contributed by atoms with E-state index in [-0.39, 0.29) is 18.8 Å². The van der Waals surface area contributed by atoms with Gasteiger partial charge in [-0.15, -0.1) is 0 Å². The van der Waals surface area contributed by atoms with Crippen LogP contribution in [0.3, 0.4) is 0 Å². The highest BCUT2D eigenvalue weighted by atomic mass is 16.7. The van der Waals surface area contributed by atoms with Crippen LogP contribution in [0.25, 0.3) is 0 Å². The molecule has 0 aliphatic carbocycles. The summed E-state index contributed by atoms with van der Waals surface area (Å²) in [6, 6.07) is 5.26. The van der Waals surface area contributed by atoms with Gasteiger partial charge in [-0.2, -0.15) is 0 Å². The average molecular weight is 493 g/mol. The lowest BCUT2D eigenvalue weighted by Gasteiger charge is -2.43. The van der Waals surface area contributed by atoms with Gasteiger partial charge in [-0.3, -0.25) is 0 Å². The molecule has 10 heteroatoms. The van der Waals surface area contributed by atoms with Crippen molar-refractivity contribution in [3.8, 4) is 23.7 Å². The maximum absolute atomic E-state index is 10.2. The second-order valence-electron chi connectivity index (χ2n) is 9.15. The fourth-order valence-electron chi connectivity index (χ4n) is 3.95. The summed E-state index contributed by atoms with van der Waals surface area (Å²) in [6.45, 7) is 2.38. The van der Waals surface area contributed by atoms with Gasteiger partial charge in [-0.05, 0) is 36.1 Å². The molecule has 7 atom stereocenters. The van der Waals surface area contributed by atoms with Crippen LogP contribution in [0.4, 0.5) is 0 Å². The molecule has 0 amide bonds. The van der Waals surface area contributed by atoms with Gasteiger partial charge in [-0.1, -0.05) is 37.5 Å². The molecule has 8 N–H and O–H groups in total. The second kappa shape index (κ2) is 10.9. The van der Waals surface area contributed by atoms with Crippen molar-refractivity contribution in [2.75, 3.05) is 13.2 Å². The van der Waals surface area contributed by atoms with Gasteiger partial charge in [-0.25, -0.2) is 0 Å². The van der Waals surface area contributed by atoms with Gasteiger partial charge in [0.05, 0.1) is 6.61 Å². The van der Waals surface area contributed by atoms with Gasteiger partial charge in [0, 0.05) is 17.5 Å². The molecule has 0 bridgehead atoms. The Bertz CT molecular complexity index is 1010. The van der Waals surface area contributed by atoms with E-state index in [2.05, 4.69) is 23.7 Å². The Kier molecular flexibility index (Phi) is 8.58. The Hall–Kier alpha value is -2.06. The fourth-order valence-corrected chi connectivity index (χ4v) is 3.95. The van der Waals surface area contributed by atoms with E-state index in [1.54, 1.807) is 12.1 Å². The van der Waals surface area contributed by atoms with Crippen molar-refractivity contribution in [3.63, 3.8) is 0 Å². The number of ether oxygens (including phenoxy) is 2. The summed E-state index contributed by atoms with van der Waals surface area (Å²) in [5.41, 5.74) is 2.10. The molecule has 0 aromatic heterocycles. The minimum absolute atomic E-state index is 0.0469. The lowest BCUT2D eigenvalue weighted by atomic mass is 9.93. The molecule has 35 heavy (non-hydrogen) atoms. The topological polar surface area (TPSA) is 180 Å². The number of aliphatic hydroxyl groups excluding tert-OH is 5. The third-order valence-corrected chi connectivity index (χ3v) is 6.22. The molecule has 0 radical (unpaired) electrons. The normalized spacial score (nSPS) is 34.5. The first-order chi connectivity index (χ1) is 16.4. The Morgan fingerprint density at radius 2 is 1.71 bits per heavy atom. The predicted molar refractivity (Wildman–Crippen MR) is 121 cm³/mol. The van der Waals surface area contributed by atoms with Crippen LogP contribution < -0.4 is 0 Å². The van der Waals surface area contributed by atoms with Crippen LogP contribution in [0, 0.1) is 23.7 Å². The molecular weight excluding hydrogens is 460 g/mol. The van der Waals surface area contributed by atoms with Crippen molar-refractivity contribution in [2.45, 2.75) is 80.8 Å². The summed E-state index contributed by atoms with van der Waals surface area (Å²) < 4.78 is 10.7. The van der Waals surface area contributed by atoms with E-state index in [4.69, 9.17) is 9.47 Å². The van der Waals surface area contributed by atoms with E-state index in [9.17, 15) is 40.9 Å². The van der Waals surface area contributed by atoms with E-state index in [0.29, 0.717) is 11.1 Å². The fraction of sp³-hybridized carbons (Fsp3) is 0.600. The number of hydrogen-bond acceptors (Lipinski definition) is 10. The first-order valence-electron chi connectivity index (χ1n) is 11.4. The Labute approximate surface area is 203 Å². The molecule has 0 unspecified atom stereocenters. The van der Waals surface area contributed by atoms with Crippen LogP contribution in [-0.2, 0) is 9.47 Å². The number of rotatable bonds is 3. The SMILES string of the molecule is CC(C)c1cc(C#C[C@H]2CCC(O)(O)[C@@](O)(CO)O2)ccc1C#C[C@H]1O[C@H](CO)[C@@H](O)[C@H](O)[C@@H]1O. The zero-order valence-electron chi connectivity index (χ0n) is 19.5. The van der Waals surface area contributed by atoms with Gasteiger partial charge in [0.15, 0.2) is 0 Å². The van der Waals surface area contributed by atoms with E-state index < -0.39 is 61.4 Å². The van der Waals surface area contributed by atoms with E-state index >= 15 is 0 Å². The van der Waals surface area contributed by atoms with Crippen molar-refractivity contribution in [2.24, 2.45) is 0 Å². The van der Waals surface area contributed by atoms with E-state index in [0.717, 1.165) is 5.56 Å². The van der Waals surface area contributed by atoms with Crippen molar-refractivity contribution >= 4 is 0 Å². The van der Waals surface area contributed by atoms with Gasteiger partial charge >= 0.3 is 0 Å². The molecule has 0 saturated carbocycles. The number of aliphatic hydroxyl groups is 8. The molecule has 2 fully saturated rings. The quantitative estimate of drug-likeness (QED) is 0.172. The predicted octanol–water partition coefficient (Wildman–Crippen LogP) is -2.10. The van der Waals surface area contributed by atoms with Crippen molar-refractivity contribution < 1.29 is 50.3 Å². The van der Waals surface area contributed by atoms with Crippen molar-refractivity contribution in [1.82, 2.24) is 0 Å². The summed E-state index contributed by atoms with van der Waals surface area (Å²) >= 11 is 0. The van der Waals surface area contributed by atoms with Crippen molar-refractivity contribution in [3.05, 3.63) is 34.9 Å². The maximum atomic E-state index is 10.2. The average Bonchev–Trinajstić information content (AvgIpc) is 2.83. The third-order valence-electron chi connectivity index (χ3n) is 6.22. The molecule has 2 aliphatic heterocycles. The highest BCUT2D eigenvalue weighted by Crippen LogP contribution is 2.33. The zero-order chi connectivity index (χ0) is 26.0. The minimum Gasteiger partial charge on any atom is -0.394 e. The molecule has 1 aromatic rings. The maximum Gasteiger partial charge on any atom is 0.246 e. The lowest BCUT2D eigenvalue weighted by Crippen LogP contribution is -2.62. The van der Waals surface area contributed by atoms with Gasteiger partial charge < -0.3 is 50.3 Å². The number of benzene rings is 1. The van der Waals surface area contributed by atoms with E-state index in [1.807, 2.05) is 19.9 Å². The standard InChI is InChI=1S/C25H32O10/c1-14(2)18-11-15(4-7-17-9-10-24(31,32)25(33,13-27)35-17)3-5-16(18)6-8-19-21(28)23(30)22(29)20(12-26)34-19/h3,5,11,14,17,19-23,26-33H,9-10,12-13H2,1-2H3/t17-,19+,20+,21+,22+,23+,25+/m0/s1. The lowest BCUT2D eigenvalue weighted by molar-refractivity contribution is -0.406. The molecule has 192 valence electrons. The Morgan fingerprint density at radius 1 is 1.00 bits per heavy atom. The molecule has 2 aliphatic rings. The highest BCUT2D eigenvalue weighted by molar-refractivity contribution is 5.49. The zero-order valence-corrected chi connectivity index (χ0v) is 19.5. The van der Waals surface area contributed by atoms with Crippen LogP contribution in [0.1, 0.15) is 49.3 Å². The highest BCUT2D eigenvalue weighted by Gasteiger charge is 2.53. The smallest absolute Gasteiger partial charge is 0.246 e. The van der Waals surface area contributed by atoms with Crippen molar-refractivity contribution in [1.29, 1.82) is 0 Å². The monoisotopic (exact) mass is 492 g/mol. The Balaban J connectivity index is 1.81. The first-order valence-corrected chi connectivity index (χ1v) is 11.4. The molecule has 0 spiro atoms. The van der Waals surface area contributed by atoms with Crippen LogP contribution in [-0.4, -0.2) is 102 Å². The largest absolute Gasteiger partial charge is 0.394 e. The molecule has 10 nitrogen and oxygen atoms in total. The molecular formula is C25H32O10.